The van der Waals surface area contributed by atoms with Crippen LogP contribution in [0.25, 0.3) is 5.65 Å². The maximum absolute atomic E-state index is 12.8. The third-order valence-electron chi connectivity index (χ3n) is 4.26. The highest BCUT2D eigenvalue weighted by Gasteiger charge is 2.13. The topological polar surface area (TPSA) is 46.4 Å². The van der Waals surface area contributed by atoms with Crippen LogP contribution in [0.2, 0.25) is 0 Å². The van der Waals surface area contributed by atoms with Crippen LogP contribution in [-0.4, -0.2) is 21.0 Å². The molecule has 0 unspecified atom stereocenters. The number of nitrogens with zero attached hydrogens (tertiary/aromatic N) is 2. The lowest BCUT2D eigenvalue weighted by atomic mass is 10.2. The number of carbonyl (C=O) groups excluding carboxylic acids is 1. The van der Waals surface area contributed by atoms with Crippen molar-refractivity contribution in [3.05, 3.63) is 90.4 Å². The van der Waals surface area contributed by atoms with E-state index in [0.29, 0.717) is 33.7 Å². The van der Waals surface area contributed by atoms with Crippen molar-refractivity contribution >= 4 is 40.8 Å². The number of aromatic nitrogens is 2. The highest BCUT2D eigenvalue weighted by Crippen LogP contribution is 2.28. The first-order valence-corrected chi connectivity index (χ1v) is 11.0. The molecule has 0 aliphatic rings. The van der Waals surface area contributed by atoms with Gasteiger partial charge in [-0.3, -0.25) is 4.79 Å². The molecule has 0 aliphatic heterocycles. The molecule has 152 valence electrons. The molecule has 0 saturated heterocycles. The van der Waals surface area contributed by atoms with Crippen molar-refractivity contribution in [1.29, 1.82) is 0 Å². The summed E-state index contributed by atoms with van der Waals surface area (Å²) in [5, 5.41) is 2.83. The van der Waals surface area contributed by atoms with Crippen LogP contribution >= 0.6 is 23.5 Å². The fraction of sp³-hybridized carbons (Fsp3) is 0.0909. The van der Waals surface area contributed by atoms with Gasteiger partial charge in [0.15, 0.2) is 0 Å². The molecule has 30 heavy (non-hydrogen) atoms. The predicted molar refractivity (Wildman–Crippen MR) is 117 cm³/mol. The molecule has 0 fully saturated rings. The van der Waals surface area contributed by atoms with Crippen LogP contribution in [0, 0.1) is 0 Å². The lowest BCUT2D eigenvalue weighted by Gasteiger charge is -2.10. The van der Waals surface area contributed by atoms with Gasteiger partial charge in [-0.2, -0.15) is 8.78 Å². The molecule has 4 aromatic rings. The first-order valence-electron chi connectivity index (χ1n) is 9.09. The summed E-state index contributed by atoms with van der Waals surface area (Å²) < 4.78 is 26.8. The third-order valence-corrected chi connectivity index (χ3v) is 6.09. The lowest BCUT2D eigenvalue weighted by molar-refractivity contribution is 0.102. The summed E-state index contributed by atoms with van der Waals surface area (Å²) in [6, 6.07) is 19.6. The Balaban J connectivity index is 1.44. The average molecular weight is 442 g/mol. The van der Waals surface area contributed by atoms with Gasteiger partial charge in [-0.1, -0.05) is 30.0 Å². The number of hydrogen-bond donors (Lipinski definition) is 1. The highest BCUT2D eigenvalue weighted by atomic mass is 32.2. The van der Waals surface area contributed by atoms with Gasteiger partial charge < -0.3 is 9.72 Å². The Kier molecular flexibility index (Phi) is 6.35. The Morgan fingerprint density at radius 3 is 2.57 bits per heavy atom. The standard InChI is InChI=1S/C22H17F2N3OS2/c23-22(24)30-17-10-8-15(9-11-17)26-21(28)18-5-1-2-6-19(18)29-14-16-13-27-12-4-3-7-20(27)25-16/h1-13,22H,14H2,(H,26,28). The van der Waals surface area contributed by atoms with Gasteiger partial charge in [0.25, 0.3) is 11.7 Å². The van der Waals surface area contributed by atoms with Crippen LogP contribution in [0.5, 0.6) is 0 Å². The number of nitrogens with one attached hydrogen (secondary N) is 1. The second-order valence-corrected chi connectivity index (χ2v) is 8.42. The molecule has 0 aliphatic carbocycles. The van der Waals surface area contributed by atoms with E-state index in [9.17, 15) is 13.6 Å². The minimum atomic E-state index is -2.47. The number of amides is 1. The zero-order chi connectivity index (χ0) is 20.9. The molecular weight excluding hydrogens is 424 g/mol. The number of halogens is 2. The molecule has 0 radical (unpaired) electrons. The van der Waals surface area contributed by atoms with Gasteiger partial charge in [-0.25, -0.2) is 4.98 Å². The fourth-order valence-electron chi connectivity index (χ4n) is 2.91. The molecule has 0 atom stereocenters. The molecule has 0 spiro atoms. The van der Waals surface area contributed by atoms with Crippen LogP contribution < -0.4 is 5.32 Å². The Bertz CT molecular complexity index is 1130. The van der Waals surface area contributed by atoms with Gasteiger partial charge in [-0.05, 0) is 48.5 Å². The van der Waals surface area contributed by atoms with Crippen molar-refractivity contribution in [3.63, 3.8) is 0 Å². The molecule has 0 bridgehead atoms. The number of rotatable bonds is 7. The minimum absolute atomic E-state index is 0.248. The summed E-state index contributed by atoms with van der Waals surface area (Å²) in [4.78, 5) is 18.7. The van der Waals surface area contributed by atoms with E-state index >= 15 is 0 Å². The normalized spacial score (nSPS) is 11.2. The third kappa shape index (κ3) is 5.01. The second kappa shape index (κ2) is 9.32. The Morgan fingerprint density at radius 2 is 1.80 bits per heavy atom. The van der Waals surface area contributed by atoms with Crippen molar-refractivity contribution in [1.82, 2.24) is 9.38 Å². The molecule has 2 aromatic heterocycles. The van der Waals surface area contributed by atoms with E-state index in [1.165, 1.54) is 0 Å². The maximum atomic E-state index is 12.8. The average Bonchev–Trinajstić information content (AvgIpc) is 3.16. The summed E-state index contributed by atoms with van der Waals surface area (Å²) in [6.45, 7) is 0. The fourth-order valence-corrected chi connectivity index (χ4v) is 4.34. The van der Waals surface area contributed by atoms with Crippen LogP contribution in [-0.2, 0) is 5.75 Å². The zero-order valence-electron chi connectivity index (χ0n) is 15.7. The van der Waals surface area contributed by atoms with Crippen LogP contribution in [0.3, 0.4) is 0 Å². The number of thioether (sulfide) groups is 2. The lowest BCUT2D eigenvalue weighted by Crippen LogP contribution is -2.12. The number of carbonyl (C=O) groups is 1. The van der Waals surface area contributed by atoms with E-state index in [1.807, 2.05) is 53.2 Å². The summed E-state index contributed by atoms with van der Waals surface area (Å²) >= 11 is 2.01. The van der Waals surface area contributed by atoms with Crippen molar-refractivity contribution in [2.24, 2.45) is 0 Å². The van der Waals surface area contributed by atoms with Crippen LogP contribution in [0.4, 0.5) is 14.5 Å². The van der Waals surface area contributed by atoms with E-state index < -0.39 is 5.76 Å². The molecule has 0 saturated carbocycles. The van der Waals surface area contributed by atoms with Crippen molar-refractivity contribution in [2.75, 3.05) is 5.32 Å². The van der Waals surface area contributed by atoms with Gasteiger partial charge in [0.2, 0.25) is 0 Å². The molecular formula is C22H17F2N3OS2. The summed E-state index contributed by atoms with van der Waals surface area (Å²) in [5.41, 5.74) is 2.91. The Hall–Kier alpha value is -2.84. The maximum Gasteiger partial charge on any atom is 0.288 e. The van der Waals surface area contributed by atoms with E-state index in [4.69, 9.17) is 0 Å². The van der Waals surface area contributed by atoms with Crippen molar-refractivity contribution < 1.29 is 13.6 Å². The van der Waals surface area contributed by atoms with Crippen LogP contribution in [0.15, 0.2) is 88.9 Å². The number of pyridine rings is 1. The number of fused-ring (bicyclic) bond motifs is 1. The molecule has 4 rings (SSSR count). The van der Waals surface area contributed by atoms with Gasteiger partial charge >= 0.3 is 0 Å². The summed E-state index contributed by atoms with van der Waals surface area (Å²) in [5.74, 6) is -2.09. The first-order chi connectivity index (χ1) is 14.6. The van der Waals surface area contributed by atoms with Crippen LogP contribution in [0.1, 0.15) is 16.1 Å². The number of benzene rings is 2. The molecule has 1 amide bonds. The number of alkyl halides is 2. The predicted octanol–water partition coefficient (Wildman–Crippen LogP) is 6.19. The second-order valence-electron chi connectivity index (χ2n) is 6.34. The Labute approximate surface area is 180 Å². The monoisotopic (exact) mass is 441 g/mol. The molecule has 4 nitrogen and oxygen atoms in total. The first kappa shape index (κ1) is 20.4. The Morgan fingerprint density at radius 1 is 1.03 bits per heavy atom. The molecule has 1 N–H and O–H groups in total. The van der Waals surface area contributed by atoms with Gasteiger partial charge in [0.05, 0.1) is 11.3 Å². The van der Waals surface area contributed by atoms with E-state index in [1.54, 1.807) is 42.1 Å². The van der Waals surface area contributed by atoms with Gasteiger partial charge in [-0.15, -0.1) is 11.8 Å². The largest absolute Gasteiger partial charge is 0.322 e. The van der Waals surface area contributed by atoms with E-state index in [2.05, 4.69) is 10.3 Å². The van der Waals surface area contributed by atoms with Crippen molar-refractivity contribution in [3.8, 4) is 0 Å². The highest BCUT2D eigenvalue weighted by molar-refractivity contribution is 7.99. The van der Waals surface area contributed by atoms with E-state index in [0.717, 1.165) is 16.2 Å². The summed E-state index contributed by atoms with van der Waals surface area (Å²) in [6.07, 6.45) is 3.92. The van der Waals surface area contributed by atoms with E-state index in [-0.39, 0.29) is 5.91 Å². The zero-order valence-corrected chi connectivity index (χ0v) is 17.3. The number of anilines is 1. The quantitative estimate of drug-likeness (QED) is 0.347. The molecule has 8 heteroatoms. The minimum Gasteiger partial charge on any atom is -0.322 e. The summed E-state index contributed by atoms with van der Waals surface area (Å²) in [7, 11) is 0. The van der Waals surface area contributed by atoms with Crippen molar-refractivity contribution in [2.45, 2.75) is 21.3 Å². The van der Waals surface area contributed by atoms with Gasteiger partial charge in [0.1, 0.15) is 5.65 Å². The number of imidazole rings is 1. The number of hydrogen-bond acceptors (Lipinski definition) is 4. The van der Waals surface area contributed by atoms with Gasteiger partial charge in [0, 0.05) is 33.6 Å². The molecule has 2 heterocycles. The molecule has 2 aromatic carbocycles. The SMILES string of the molecule is O=C(Nc1ccc(SC(F)F)cc1)c1ccccc1SCc1cn2ccccc2n1. The smallest absolute Gasteiger partial charge is 0.288 e.